The van der Waals surface area contributed by atoms with Crippen LogP contribution in [0.3, 0.4) is 0 Å². The predicted molar refractivity (Wildman–Crippen MR) is 63.2 cm³/mol. The average Bonchev–Trinajstić information content (AvgIpc) is 2.42. The van der Waals surface area contributed by atoms with Crippen LogP contribution in [0.4, 0.5) is 9.59 Å². The molecule has 0 aromatic heterocycles. The van der Waals surface area contributed by atoms with Crippen LogP contribution < -0.4 is 17.2 Å². The van der Waals surface area contributed by atoms with E-state index in [2.05, 4.69) is 17.2 Å². The van der Waals surface area contributed by atoms with E-state index in [1.165, 1.54) is 0 Å². The van der Waals surface area contributed by atoms with Crippen LogP contribution in [0.25, 0.3) is 0 Å². The molecule has 0 aliphatic heterocycles. The number of hydrogen-bond acceptors (Lipinski definition) is 9. The molecule has 13 heteroatoms. The lowest BCUT2D eigenvalue weighted by Crippen LogP contribution is -2.67. The molecule has 0 bridgehead atoms. The first-order valence-electron chi connectivity index (χ1n) is 5.24. The van der Waals surface area contributed by atoms with Crippen LogP contribution in [0.15, 0.2) is 0 Å². The molecule has 0 aromatic rings. The highest BCUT2D eigenvalue weighted by Crippen LogP contribution is 2.17. The monoisotopic (exact) mass is 320 g/mol. The third-order valence-corrected chi connectivity index (χ3v) is 2.45. The molecule has 0 aliphatic carbocycles. The van der Waals surface area contributed by atoms with Crippen molar-refractivity contribution in [3.8, 4) is 0 Å². The minimum Gasteiger partial charge on any atom is -0.386 e. The third kappa shape index (κ3) is 3.22. The van der Waals surface area contributed by atoms with E-state index in [0.717, 1.165) is 0 Å². The van der Waals surface area contributed by atoms with Gasteiger partial charge in [-0.2, -0.15) is 4.90 Å². The minimum atomic E-state index is -3.82. The lowest BCUT2D eigenvalue weighted by Gasteiger charge is -2.29. The number of amides is 6. The van der Waals surface area contributed by atoms with E-state index < -0.39 is 52.4 Å². The first-order chi connectivity index (χ1) is 9.92. The number of aldehydes is 1. The van der Waals surface area contributed by atoms with Crippen molar-refractivity contribution in [3.05, 3.63) is 0 Å². The number of carbonyl (C=O) groups is 6. The molecule has 0 rings (SSSR count). The molecule has 13 nitrogen and oxygen atoms in total. The molecule has 3 unspecified atom stereocenters. The second kappa shape index (κ2) is 6.70. The maximum absolute atomic E-state index is 11.8. The fourth-order valence-corrected chi connectivity index (χ4v) is 1.29. The molecular weight excluding hydrogens is 308 g/mol. The van der Waals surface area contributed by atoms with Crippen molar-refractivity contribution >= 4 is 35.9 Å². The Hall–Kier alpha value is -2.90. The van der Waals surface area contributed by atoms with Gasteiger partial charge in [0.25, 0.3) is 11.7 Å². The molecular formula is C9H12N4O9. The molecule has 0 fully saturated rings. The van der Waals surface area contributed by atoms with Crippen LogP contribution in [-0.2, 0) is 19.2 Å². The highest BCUT2D eigenvalue weighted by Gasteiger charge is 2.56. The number of Topliss-reactive ketones (excluding diaryl/α,β-unsaturated/α-hetero) is 1. The lowest BCUT2D eigenvalue weighted by atomic mass is 9.87. The van der Waals surface area contributed by atoms with Gasteiger partial charge in [-0.25, -0.2) is 9.59 Å². The summed E-state index contributed by atoms with van der Waals surface area (Å²) >= 11 is 0. The van der Waals surface area contributed by atoms with Crippen LogP contribution in [0.1, 0.15) is 0 Å². The number of carbonyl (C=O) groups excluding carboxylic acids is 6. The molecule has 122 valence electrons. The molecule has 0 aliphatic rings. The zero-order chi connectivity index (χ0) is 17.8. The average molecular weight is 320 g/mol. The predicted octanol–water partition coefficient (Wildman–Crippen LogP) is -5.32. The Bertz CT molecular complexity index is 533. The molecule has 0 heterocycles. The fourth-order valence-electron chi connectivity index (χ4n) is 1.29. The van der Waals surface area contributed by atoms with Crippen molar-refractivity contribution in [2.24, 2.45) is 17.2 Å². The summed E-state index contributed by atoms with van der Waals surface area (Å²) in [4.78, 5) is 65.9. The number of primary amides is 3. The van der Waals surface area contributed by atoms with Gasteiger partial charge in [0, 0.05) is 0 Å². The van der Waals surface area contributed by atoms with Gasteiger partial charge in [-0.1, -0.05) is 0 Å². The standard InChI is InChI=1S/C9H12N4O9/c10-6(19)9(22,3(16)2(15)1-14)4(17)5(18)13(7(11)20)8(12)21/h1-3,15-16,22H,(H2,10,19)(H2,11,20)(H2,12,21). The van der Waals surface area contributed by atoms with Crippen molar-refractivity contribution in [3.63, 3.8) is 0 Å². The fraction of sp³-hybridized carbons (Fsp3) is 0.333. The van der Waals surface area contributed by atoms with Gasteiger partial charge in [-0.05, 0) is 0 Å². The largest absolute Gasteiger partial charge is 0.386 e. The summed E-state index contributed by atoms with van der Waals surface area (Å²) in [5.74, 6) is -6.57. The van der Waals surface area contributed by atoms with Crippen molar-refractivity contribution in [2.75, 3.05) is 0 Å². The second-order valence-electron chi connectivity index (χ2n) is 3.85. The Morgan fingerprint density at radius 2 is 1.41 bits per heavy atom. The first kappa shape index (κ1) is 19.1. The summed E-state index contributed by atoms with van der Waals surface area (Å²) in [6.45, 7) is 0. The maximum Gasteiger partial charge on any atom is 0.330 e. The molecule has 0 saturated heterocycles. The summed E-state index contributed by atoms with van der Waals surface area (Å²) in [5.41, 5.74) is 10.0. The van der Waals surface area contributed by atoms with Gasteiger partial charge >= 0.3 is 18.0 Å². The number of rotatable bonds is 6. The summed E-state index contributed by atoms with van der Waals surface area (Å²) in [6.07, 6.45) is -5.73. The summed E-state index contributed by atoms with van der Waals surface area (Å²) in [5, 5.41) is 28.2. The SMILES string of the molecule is NC(=O)N(C(N)=O)C(=O)C(=O)C(O)(C(N)=O)C(O)C(O)C=O. The highest BCUT2D eigenvalue weighted by atomic mass is 16.4. The van der Waals surface area contributed by atoms with Crippen molar-refractivity contribution in [1.82, 2.24) is 4.90 Å². The van der Waals surface area contributed by atoms with E-state index in [9.17, 15) is 39.0 Å². The topological polar surface area (TPSA) is 244 Å². The third-order valence-electron chi connectivity index (χ3n) is 2.45. The molecule has 0 radical (unpaired) electrons. The van der Waals surface area contributed by atoms with Gasteiger partial charge in [0.05, 0.1) is 0 Å². The molecule has 0 spiro atoms. The van der Waals surface area contributed by atoms with E-state index in [-0.39, 0.29) is 6.29 Å². The highest BCUT2D eigenvalue weighted by molar-refractivity contribution is 6.47. The van der Waals surface area contributed by atoms with Gasteiger partial charge in [-0.15, -0.1) is 0 Å². The number of nitrogens with zero attached hydrogens (tertiary/aromatic N) is 1. The van der Waals surface area contributed by atoms with Crippen LogP contribution in [0.2, 0.25) is 0 Å². The van der Waals surface area contributed by atoms with Gasteiger partial charge in [-0.3, -0.25) is 14.4 Å². The summed E-state index contributed by atoms with van der Waals surface area (Å²) < 4.78 is 0. The van der Waals surface area contributed by atoms with Gasteiger partial charge in [0.1, 0.15) is 12.2 Å². The van der Waals surface area contributed by atoms with E-state index in [4.69, 9.17) is 5.11 Å². The Kier molecular flexibility index (Phi) is 5.82. The number of ketones is 1. The van der Waals surface area contributed by atoms with E-state index in [1.807, 2.05) is 0 Å². The Morgan fingerprint density at radius 1 is 1.00 bits per heavy atom. The summed E-state index contributed by atoms with van der Waals surface area (Å²) in [6, 6.07) is -3.66. The number of urea groups is 2. The second-order valence-corrected chi connectivity index (χ2v) is 3.85. The van der Waals surface area contributed by atoms with Gasteiger partial charge in [0.15, 0.2) is 6.29 Å². The number of hydrogen-bond donors (Lipinski definition) is 6. The van der Waals surface area contributed by atoms with E-state index >= 15 is 0 Å². The molecule has 22 heavy (non-hydrogen) atoms. The Balaban J connectivity index is 5.90. The Labute approximate surface area is 121 Å². The molecule has 9 N–H and O–H groups in total. The quantitative estimate of drug-likeness (QED) is 0.155. The molecule has 0 saturated carbocycles. The van der Waals surface area contributed by atoms with Crippen LogP contribution >= 0.6 is 0 Å². The smallest absolute Gasteiger partial charge is 0.330 e. The minimum absolute atomic E-state index is 0.379. The number of aliphatic hydroxyl groups excluding tert-OH is 2. The van der Waals surface area contributed by atoms with Gasteiger partial charge in [0.2, 0.25) is 5.60 Å². The molecule has 3 atom stereocenters. The van der Waals surface area contributed by atoms with Crippen molar-refractivity contribution in [1.29, 1.82) is 0 Å². The normalized spacial score (nSPS) is 15.8. The zero-order valence-electron chi connectivity index (χ0n) is 10.7. The zero-order valence-corrected chi connectivity index (χ0v) is 10.7. The molecule has 0 aromatic carbocycles. The van der Waals surface area contributed by atoms with E-state index in [1.54, 1.807) is 0 Å². The van der Waals surface area contributed by atoms with E-state index in [0.29, 0.717) is 0 Å². The number of aliphatic hydroxyl groups is 3. The van der Waals surface area contributed by atoms with Crippen LogP contribution in [0.5, 0.6) is 0 Å². The van der Waals surface area contributed by atoms with Crippen molar-refractivity contribution < 1.29 is 44.1 Å². The number of nitrogens with two attached hydrogens (primary N) is 3. The van der Waals surface area contributed by atoms with Crippen molar-refractivity contribution in [2.45, 2.75) is 17.8 Å². The Morgan fingerprint density at radius 3 is 1.68 bits per heavy atom. The molecule has 6 amide bonds. The van der Waals surface area contributed by atoms with Crippen LogP contribution in [-0.4, -0.2) is 74.0 Å². The van der Waals surface area contributed by atoms with Crippen LogP contribution in [0, 0.1) is 0 Å². The lowest BCUT2D eigenvalue weighted by molar-refractivity contribution is -0.175. The first-order valence-corrected chi connectivity index (χ1v) is 5.24. The van der Waals surface area contributed by atoms with Gasteiger partial charge < -0.3 is 37.3 Å². The summed E-state index contributed by atoms with van der Waals surface area (Å²) in [7, 11) is 0. The number of imide groups is 3. The maximum atomic E-state index is 11.8.